The number of nitrogens with zero attached hydrogens (tertiary/aromatic N) is 1. The highest BCUT2D eigenvalue weighted by molar-refractivity contribution is 6.98. The summed E-state index contributed by atoms with van der Waals surface area (Å²) in [5.74, 6) is 3.28. The maximum Gasteiger partial charge on any atom is 0.260 e. The fraction of sp³-hybridized carbons (Fsp3) is 0. The molecule has 2 aliphatic heterocycles. The quantitative estimate of drug-likeness (QED) is 0.158. The predicted molar refractivity (Wildman–Crippen MR) is 242 cm³/mol. The highest BCUT2D eigenvalue weighted by Crippen LogP contribution is 2.47. The Balaban J connectivity index is 1.10. The van der Waals surface area contributed by atoms with E-state index in [1.807, 2.05) is 12.1 Å². The number of rotatable bonds is 6. The second-order valence-electron chi connectivity index (χ2n) is 15.2. The van der Waals surface area contributed by atoms with Crippen molar-refractivity contribution >= 4 is 62.1 Å². The summed E-state index contributed by atoms with van der Waals surface area (Å²) in [6, 6.07) is 72.2. The summed E-state index contributed by atoms with van der Waals surface area (Å²) < 4.78 is 21.1. The van der Waals surface area contributed by atoms with Gasteiger partial charge in [-0.3, -0.25) is 0 Å². The van der Waals surface area contributed by atoms with Crippen molar-refractivity contribution in [2.75, 3.05) is 4.90 Å². The minimum atomic E-state index is -0.192. The van der Waals surface area contributed by atoms with Gasteiger partial charge in [-0.2, -0.15) is 0 Å². The first-order chi connectivity index (χ1) is 29.2. The lowest BCUT2D eigenvalue weighted by atomic mass is 9.34. The van der Waals surface area contributed by atoms with E-state index in [0.717, 1.165) is 112 Å². The Morgan fingerprint density at radius 1 is 0.356 bits per heavy atom. The number of ether oxygens (including phenoxy) is 2. The molecule has 1 aromatic heterocycles. The van der Waals surface area contributed by atoms with Crippen LogP contribution in [0.1, 0.15) is 0 Å². The summed E-state index contributed by atoms with van der Waals surface area (Å²) in [6.07, 6.45) is 0. The number of furan rings is 1. The van der Waals surface area contributed by atoms with E-state index in [1.165, 1.54) is 0 Å². The Morgan fingerprint density at radius 2 is 0.881 bits per heavy atom. The molecule has 0 bridgehead atoms. The predicted octanol–water partition coefficient (Wildman–Crippen LogP) is 12.8. The summed E-state index contributed by atoms with van der Waals surface area (Å²) in [6.45, 7) is -0.192. The lowest BCUT2D eigenvalue weighted by Gasteiger charge is -2.35. The van der Waals surface area contributed by atoms with Crippen LogP contribution in [0.5, 0.6) is 23.0 Å². The molecule has 0 fully saturated rings. The zero-order chi connectivity index (χ0) is 38.9. The fourth-order valence-corrected chi connectivity index (χ4v) is 9.05. The molecule has 0 aliphatic carbocycles. The topological polar surface area (TPSA) is 34.8 Å². The summed E-state index contributed by atoms with van der Waals surface area (Å²) in [5, 5.41) is 2.04. The molecule has 0 spiro atoms. The molecule has 5 heteroatoms. The number of hydrogen-bond donors (Lipinski definition) is 0. The molecule has 3 heterocycles. The summed E-state index contributed by atoms with van der Waals surface area (Å²) >= 11 is 0. The third-order valence-electron chi connectivity index (χ3n) is 11.8. The summed E-state index contributed by atoms with van der Waals surface area (Å²) in [7, 11) is 0. The van der Waals surface area contributed by atoms with Crippen molar-refractivity contribution in [1.82, 2.24) is 0 Å². The monoisotopic (exact) mass is 755 g/mol. The molecule has 12 rings (SSSR count). The summed E-state index contributed by atoms with van der Waals surface area (Å²) in [5.41, 5.74) is 14.4. The zero-order valence-electron chi connectivity index (χ0n) is 31.9. The Kier molecular flexibility index (Phi) is 7.60. The molecule has 10 aromatic rings. The van der Waals surface area contributed by atoms with E-state index < -0.39 is 0 Å². The van der Waals surface area contributed by atoms with Crippen LogP contribution in [0.3, 0.4) is 0 Å². The van der Waals surface area contributed by atoms with Gasteiger partial charge in [-0.15, -0.1) is 0 Å². The molecule has 0 amide bonds. The van der Waals surface area contributed by atoms with Crippen LogP contribution in [0.15, 0.2) is 211 Å². The van der Waals surface area contributed by atoms with Crippen LogP contribution in [0.4, 0.5) is 17.1 Å². The van der Waals surface area contributed by atoms with Crippen molar-refractivity contribution in [1.29, 1.82) is 0 Å². The van der Waals surface area contributed by atoms with Gasteiger partial charge in [-0.25, -0.2) is 0 Å². The Bertz CT molecular complexity index is 3160. The fourth-order valence-electron chi connectivity index (χ4n) is 9.05. The molecular formula is C54H34BNO3. The molecule has 9 aromatic carbocycles. The van der Waals surface area contributed by atoms with Gasteiger partial charge in [0.1, 0.15) is 34.2 Å². The van der Waals surface area contributed by atoms with Crippen LogP contribution < -0.4 is 30.8 Å². The van der Waals surface area contributed by atoms with Crippen LogP contribution >= 0.6 is 0 Å². The van der Waals surface area contributed by atoms with E-state index in [0.29, 0.717) is 0 Å². The Labute approximate surface area is 342 Å². The van der Waals surface area contributed by atoms with Crippen LogP contribution in [-0.2, 0) is 0 Å². The van der Waals surface area contributed by atoms with Gasteiger partial charge in [0.05, 0.1) is 0 Å². The average molecular weight is 756 g/mol. The van der Waals surface area contributed by atoms with Gasteiger partial charge >= 0.3 is 0 Å². The minimum absolute atomic E-state index is 0.192. The molecule has 2 aliphatic rings. The molecule has 0 N–H and O–H groups in total. The van der Waals surface area contributed by atoms with Crippen LogP contribution in [-0.4, -0.2) is 6.71 Å². The third-order valence-corrected chi connectivity index (χ3v) is 11.8. The van der Waals surface area contributed by atoms with Gasteiger partial charge < -0.3 is 18.8 Å². The molecule has 276 valence electrons. The second kappa shape index (κ2) is 13.4. The highest BCUT2D eigenvalue weighted by Gasteiger charge is 2.43. The van der Waals surface area contributed by atoms with Gasteiger partial charge in [0.15, 0.2) is 0 Å². The number of hydrogen-bond acceptors (Lipinski definition) is 4. The SMILES string of the molecule is c1ccc(-c2ccc3c(c2)B2c4cc5oc6cc(N(c7ccccc7)c7ccccc7)ccc6c5cc4Oc4c(-c5ccccc5)cc(-c5ccccc5)c(c42)O3)cc1. The lowest BCUT2D eigenvalue weighted by Crippen LogP contribution is -2.57. The van der Waals surface area contributed by atoms with E-state index in [9.17, 15) is 0 Å². The molecule has 4 nitrogen and oxygen atoms in total. The van der Waals surface area contributed by atoms with E-state index in [2.05, 4.69) is 199 Å². The second-order valence-corrected chi connectivity index (χ2v) is 15.2. The summed E-state index contributed by atoms with van der Waals surface area (Å²) in [4.78, 5) is 2.26. The molecule has 0 saturated heterocycles. The standard InChI is InChI=1S/C54H34BNO3/c1-6-16-35(17-7-1)38-26-29-48-46(30-38)55-47-34-50-45(42-28-27-41(31-49(42)57-50)56(39-22-12-4-13-23-39)40-24-14-5-15-25-40)33-51(47)59-54-44(37-20-10-3-11-21-37)32-43(53(58-48)52(54)55)36-18-8-2-9-19-36/h1-34H. The van der Waals surface area contributed by atoms with Crippen molar-refractivity contribution in [2.45, 2.75) is 0 Å². The molecule has 0 saturated carbocycles. The number of benzene rings is 9. The largest absolute Gasteiger partial charge is 0.458 e. The normalized spacial score (nSPS) is 12.3. The smallest absolute Gasteiger partial charge is 0.260 e. The number of anilines is 3. The van der Waals surface area contributed by atoms with Gasteiger partial charge in [0.2, 0.25) is 0 Å². The van der Waals surface area contributed by atoms with Gasteiger partial charge in [-0.05, 0) is 93.8 Å². The molecule has 0 radical (unpaired) electrons. The van der Waals surface area contributed by atoms with Crippen LogP contribution in [0.25, 0.3) is 55.3 Å². The molecule has 0 unspecified atom stereocenters. The van der Waals surface area contributed by atoms with Crippen LogP contribution in [0.2, 0.25) is 0 Å². The first-order valence-electron chi connectivity index (χ1n) is 20.0. The van der Waals surface area contributed by atoms with Crippen molar-refractivity contribution < 1.29 is 13.9 Å². The van der Waals surface area contributed by atoms with Gasteiger partial charge in [-0.1, -0.05) is 140 Å². The average Bonchev–Trinajstić information content (AvgIpc) is 3.66. The Hall–Kier alpha value is -7.76. The Morgan fingerprint density at radius 3 is 1.49 bits per heavy atom. The van der Waals surface area contributed by atoms with Gasteiger partial charge in [0, 0.05) is 50.5 Å². The molecular weight excluding hydrogens is 721 g/mol. The lowest BCUT2D eigenvalue weighted by molar-refractivity contribution is 0.467. The van der Waals surface area contributed by atoms with E-state index in [4.69, 9.17) is 13.9 Å². The maximum absolute atomic E-state index is 7.20. The number of para-hydroxylation sites is 2. The van der Waals surface area contributed by atoms with Crippen molar-refractivity contribution in [3.05, 3.63) is 206 Å². The van der Waals surface area contributed by atoms with E-state index in [1.54, 1.807) is 0 Å². The van der Waals surface area contributed by atoms with Crippen LogP contribution in [0, 0.1) is 0 Å². The number of fused-ring (bicyclic) bond motifs is 7. The highest BCUT2D eigenvalue weighted by atomic mass is 16.5. The third kappa shape index (κ3) is 5.47. The minimum Gasteiger partial charge on any atom is -0.458 e. The maximum atomic E-state index is 7.20. The van der Waals surface area contributed by atoms with Crippen molar-refractivity contribution in [2.24, 2.45) is 0 Å². The van der Waals surface area contributed by atoms with Gasteiger partial charge in [0.25, 0.3) is 6.71 Å². The zero-order valence-corrected chi connectivity index (χ0v) is 31.9. The van der Waals surface area contributed by atoms with E-state index >= 15 is 0 Å². The first-order valence-corrected chi connectivity index (χ1v) is 20.0. The van der Waals surface area contributed by atoms with E-state index in [-0.39, 0.29) is 6.71 Å². The van der Waals surface area contributed by atoms with Crippen molar-refractivity contribution in [3.8, 4) is 56.4 Å². The first kappa shape index (κ1) is 33.4. The molecule has 0 atom stereocenters. The van der Waals surface area contributed by atoms with Crippen molar-refractivity contribution in [3.63, 3.8) is 0 Å². The molecule has 59 heavy (non-hydrogen) atoms.